The fraction of sp³-hybridized carbons (Fsp3) is 0.500. The Balaban J connectivity index is 1.92. The second-order valence-corrected chi connectivity index (χ2v) is 7.38. The molecule has 5 heteroatoms. The number of hydrogen-bond donors (Lipinski definition) is 0. The summed E-state index contributed by atoms with van der Waals surface area (Å²) in [6, 6.07) is 9.21. The van der Waals surface area contributed by atoms with E-state index in [4.69, 9.17) is 0 Å². The molecule has 4 nitrogen and oxygen atoms in total. The molecule has 1 aliphatic rings. The topological polar surface area (TPSA) is 54.5 Å². The lowest BCUT2D eigenvalue weighted by Crippen LogP contribution is -2.39. The first-order valence-electron chi connectivity index (χ1n) is 6.48. The van der Waals surface area contributed by atoms with E-state index in [1.165, 1.54) is 6.26 Å². The number of carbonyl (C=O) groups is 1. The Morgan fingerprint density at radius 1 is 1.21 bits per heavy atom. The summed E-state index contributed by atoms with van der Waals surface area (Å²) in [5, 5.41) is 0. The maximum Gasteiger partial charge on any atom is 0.253 e. The molecule has 1 aromatic rings. The number of likely N-dealkylation sites (tertiary alicyclic amines) is 1. The van der Waals surface area contributed by atoms with Crippen LogP contribution in [0.15, 0.2) is 30.3 Å². The van der Waals surface area contributed by atoms with Crippen LogP contribution in [-0.2, 0) is 9.84 Å². The highest BCUT2D eigenvalue weighted by Gasteiger charge is 2.25. The predicted octanol–water partition coefficient (Wildman–Crippen LogP) is 1.58. The molecule has 0 radical (unpaired) electrons. The molecule has 2 rings (SSSR count). The fourth-order valence-electron chi connectivity index (χ4n) is 2.49. The minimum absolute atomic E-state index is 0.0402. The van der Waals surface area contributed by atoms with E-state index in [0.29, 0.717) is 18.7 Å². The first kappa shape index (κ1) is 14.1. The van der Waals surface area contributed by atoms with Crippen molar-refractivity contribution in [1.29, 1.82) is 0 Å². The number of rotatable bonds is 3. The minimum Gasteiger partial charge on any atom is -0.339 e. The molecule has 0 N–H and O–H groups in total. The summed E-state index contributed by atoms with van der Waals surface area (Å²) in [5.74, 6) is 0.466. The van der Waals surface area contributed by atoms with Gasteiger partial charge in [0, 0.05) is 24.9 Å². The molecule has 1 fully saturated rings. The van der Waals surface area contributed by atoms with Crippen LogP contribution in [0.25, 0.3) is 0 Å². The second kappa shape index (κ2) is 5.74. The van der Waals surface area contributed by atoms with E-state index in [0.717, 1.165) is 12.8 Å². The Morgan fingerprint density at radius 2 is 1.79 bits per heavy atom. The molecule has 1 aliphatic heterocycles. The molecule has 104 valence electrons. The average molecular weight is 281 g/mol. The van der Waals surface area contributed by atoms with E-state index in [2.05, 4.69) is 0 Å². The Labute approximate surface area is 114 Å². The number of piperidine rings is 1. The highest BCUT2D eigenvalue weighted by molar-refractivity contribution is 7.90. The monoisotopic (exact) mass is 281 g/mol. The molecule has 0 saturated carbocycles. The van der Waals surface area contributed by atoms with Crippen LogP contribution in [0.2, 0.25) is 0 Å². The van der Waals surface area contributed by atoms with Crippen LogP contribution >= 0.6 is 0 Å². The van der Waals surface area contributed by atoms with Crippen molar-refractivity contribution in [2.24, 2.45) is 5.92 Å². The zero-order valence-electron chi connectivity index (χ0n) is 11.1. The standard InChI is InChI=1S/C14H19NO3S/c1-19(17,18)11-12-7-9-15(10-8-12)14(16)13-5-3-2-4-6-13/h2-6,12H,7-11H2,1H3. The number of nitrogens with zero attached hydrogens (tertiary/aromatic N) is 1. The summed E-state index contributed by atoms with van der Waals surface area (Å²) in [4.78, 5) is 14.0. The molecular formula is C14H19NO3S. The van der Waals surface area contributed by atoms with Crippen molar-refractivity contribution in [3.05, 3.63) is 35.9 Å². The Hall–Kier alpha value is -1.36. The highest BCUT2D eigenvalue weighted by Crippen LogP contribution is 2.20. The number of carbonyl (C=O) groups excluding carboxylic acids is 1. The van der Waals surface area contributed by atoms with Gasteiger partial charge in [-0.05, 0) is 30.9 Å². The first-order valence-corrected chi connectivity index (χ1v) is 8.54. The summed E-state index contributed by atoms with van der Waals surface area (Å²) in [6.07, 6.45) is 2.81. The molecule has 0 spiro atoms. The van der Waals surface area contributed by atoms with E-state index in [9.17, 15) is 13.2 Å². The fourth-order valence-corrected chi connectivity index (χ4v) is 3.68. The Morgan fingerprint density at radius 3 is 2.32 bits per heavy atom. The van der Waals surface area contributed by atoms with Crippen molar-refractivity contribution >= 4 is 15.7 Å². The van der Waals surface area contributed by atoms with Crippen LogP contribution in [0.1, 0.15) is 23.2 Å². The van der Waals surface area contributed by atoms with Crippen molar-refractivity contribution < 1.29 is 13.2 Å². The van der Waals surface area contributed by atoms with Crippen LogP contribution in [0, 0.1) is 5.92 Å². The van der Waals surface area contributed by atoms with Crippen molar-refractivity contribution in [3.8, 4) is 0 Å². The molecule has 0 atom stereocenters. The van der Waals surface area contributed by atoms with Gasteiger partial charge in [-0.15, -0.1) is 0 Å². The number of sulfone groups is 1. The smallest absolute Gasteiger partial charge is 0.253 e. The normalized spacial score (nSPS) is 17.4. The van der Waals surface area contributed by atoms with Crippen molar-refractivity contribution in [2.75, 3.05) is 25.1 Å². The van der Waals surface area contributed by atoms with Gasteiger partial charge in [0.2, 0.25) is 0 Å². The molecular weight excluding hydrogens is 262 g/mol. The van der Waals surface area contributed by atoms with Gasteiger partial charge in [0.05, 0.1) is 5.75 Å². The summed E-state index contributed by atoms with van der Waals surface area (Å²) >= 11 is 0. The lowest BCUT2D eigenvalue weighted by molar-refractivity contribution is 0.0698. The van der Waals surface area contributed by atoms with Gasteiger partial charge in [-0.2, -0.15) is 0 Å². The molecule has 0 unspecified atom stereocenters. The van der Waals surface area contributed by atoms with Crippen LogP contribution < -0.4 is 0 Å². The largest absolute Gasteiger partial charge is 0.339 e. The Kier molecular flexibility index (Phi) is 4.24. The number of benzene rings is 1. The van der Waals surface area contributed by atoms with Crippen LogP contribution in [0.3, 0.4) is 0 Å². The van der Waals surface area contributed by atoms with Gasteiger partial charge in [-0.3, -0.25) is 4.79 Å². The van der Waals surface area contributed by atoms with E-state index < -0.39 is 9.84 Å². The molecule has 1 amide bonds. The zero-order valence-corrected chi connectivity index (χ0v) is 11.9. The van der Waals surface area contributed by atoms with Crippen LogP contribution in [0.4, 0.5) is 0 Å². The third-order valence-corrected chi connectivity index (χ3v) is 4.54. The molecule has 19 heavy (non-hydrogen) atoms. The van der Waals surface area contributed by atoms with Gasteiger partial charge in [0.25, 0.3) is 5.91 Å². The first-order chi connectivity index (χ1) is 8.96. The van der Waals surface area contributed by atoms with Gasteiger partial charge < -0.3 is 4.90 Å². The maximum atomic E-state index is 12.2. The zero-order chi connectivity index (χ0) is 13.9. The van der Waals surface area contributed by atoms with Crippen LogP contribution in [-0.4, -0.2) is 44.3 Å². The van der Waals surface area contributed by atoms with E-state index in [-0.39, 0.29) is 17.6 Å². The molecule has 1 heterocycles. The van der Waals surface area contributed by atoms with E-state index >= 15 is 0 Å². The van der Waals surface area contributed by atoms with Gasteiger partial charge in [-0.25, -0.2) is 8.42 Å². The maximum absolute atomic E-state index is 12.2. The van der Waals surface area contributed by atoms with Crippen LogP contribution in [0.5, 0.6) is 0 Å². The lowest BCUT2D eigenvalue weighted by atomic mass is 9.98. The molecule has 1 saturated heterocycles. The van der Waals surface area contributed by atoms with Gasteiger partial charge in [0.1, 0.15) is 9.84 Å². The van der Waals surface area contributed by atoms with Gasteiger partial charge in [0.15, 0.2) is 0 Å². The third kappa shape index (κ3) is 4.06. The summed E-state index contributed by atoms with van der Waals surface area (Å²) in [6.45, 7) is 1.29. The van der Waals surface area contributed by atoms with Gasteiger partial charge >= 0.3 is 0 Å². The second-order valence-electron chi connectivity index (χ2n) is 5.19. The third-order valence-electron chi connectivity index (χ3n) is 3.46. The van der Waals surface area contributed by atoms with E-state index in [1.54, 1.807) is 0 Å². The quantitative estimate of drug-likeness (QED) is 0.845. The molecule has 0 bridgehead atoms. The summed E-state index contributed by atoms with van der Waals surface area (Å²) < 4.78 is 22.5. The predicted molar refractivity (Wildman–Crippen MR) is 74.8 cm³/mol. The lowest BCUT2D eigenvalue weighted by Gasteiger charge is -2.31. The number of amides is 1. The van der Waals surface area contributed by atoms with Crippen molar-refractivity contribution in [3.63, 3.8) is 0 Å². The summed E-state index contributed by atoms with van der Waals surface area (Å²) in [5.41, 5.74) is 0.698. The van der Waals surface area contributed by atoms with Gasteiger partial charge in [-0.1, -0.05) is 18.2 Å². The molecule has 0 aliphatic carbocycles. The average Bonchev–Trinajstić information content (AvgIpc) is 2.38. The molecule has 0 aromatic heterocycles. The minimum atomic E-state index is -2.92. The van der Waals surface area contributed by atoms with E-state index in [1.807, 2.05) is 35.2 Å². The highest BCUT2D eigenvalue weighted by atomic mass is 32.2. The SMILES string of the molecule is CS(=O)(=O)CC1CCN(C(=O)c2ccccc2)CC1. The Bertz CT molecular complexity index is 531. The summed E-state index contributed by atoms with van der Waals surface area (Å²) in [7, 11) is -2.92. The number of hydrogen-bond acceptors (Lipinski definition) is 3. The van der Waals surface area contributed by atoms with Crippen molar-refractivity contribution in [2.45, 2.75) is 12.8 Å². The molecule has 1 aromatic carbocycles. The van der Waals surface area contributed by atoms with Crippen molar-refractivity contribution in [1.82, 2.24) is 4.90 Å².